The van der Waals surface area contributed by atoms with E-state index in [9.17, 15) is 4.79 Å². The summed E-state index contributed by atoms with van der Waals surface area (Å²) < 4.78 is 0.728. The fourth-order valence-electron chi connectivity index (χ4n) is 1.54. The minimum atomic E-state index is -0.166. The maximum absolute atomic E-state index is 11.8. The monoisotopic (exact) mass is 293 g/mol. The molecule has 0 fully saturated rings. The summed E-state index contributed by atoms with van der Waals surface area (Å²) in [4.78, 5) is 14.8. The van der Waals surface area contributed by atoms with Crippen LogP contribution in [0.4, 0.5) is 5.69 Å². The molecule has 0 unspecified atom stereocenters. The van der Waals surface area contributed by atoms with Crippen LogP contribution >= 0.6 is 15.9 Å². The smallest absolute Gasteiger partial charge is 0.268 e. The average molecular weight is 294 g/mol. The summed E-state index contributed by atoms with van der Waals surface area (Å²) >= 11 is 3.18. The van der Waals surface area contributed by atoms with E-state index in [2.05, 4.69) is 32.8 Å². The van der Waals surface area contributed by atoms with Gasteiger partial charge in [-0.3, -0.25) is 4.79 Å². The largest absolute Gasteiger partial charge is 0.399 e. The van der Waals surface area contributed by atoms with E-state index in [1.165, 1.54) is 0 Å². The highest BCUT2D eigenvalue weighted by Crippen LogP contribution is 2.18. The molecule has 0 saturated carbocycles. The van der Waals surface area contributed by atoms with Crippen molar-refractivity contribution in [2.45, 2.75) is 0 Å². The molecule has 2 aromatic rings. The summed E-state index contributed by atoms with van der Waals surface area (Å²) in [6.45, 7) is 4.05. The number of anilines is 1. The van der Waals surface area contributed by atoms with Crippen LogP contribution in [0.2, 0.25) is 0 Å². The molecule has 0 aliphatic rings. The van der Waals surface area contributed by atoms with E-state index in [4.69, 9.17) is 5.73 Å². The van der Waals surface area contributed by atoms with Gasteiger partial charge in [0.1, 0.15) is 5.69 Å². The van der Waals surface area contributed by atoms with Gasteiger partial charge in [-0.1, -0.05) is 22.5 Å². The van der Waals surface area contributed by atoms with E-state index < -0.39 is 0 Å². The van der Waals surface area contributed by atoms with Crippen LogP contribution in [-0.2, 0) is 0 Å². The lowest BCUT2D eigenvalue weighted by molar-refractivity contribution is 0.0953. The van der Waals surface area contributed by atoms with E-state index in [0.29, 0.717) is 17.9 Å². The molecular formula is C12H12BrN3O. The average Bonchev–Trinajstić information content (AvgIpc) is 2.68. The SMILES string of the molecule is C=C(Br)CNC(=O)c1cc2cc(N)ccc2[nH]1. The van der Waals surface area contributed by atoms with Gasteiger partial charge < -0.3 is 16.0 Å². The number of nitrogens with one attached hydrogen (secondary N) is 2. The molecule has 5 heteroatoms. The van der Waals surface area contributed by atoms with E-state index in [-0.39, 0.29) is 5.91 Å². The molecule has 0 bridgehead atoms. The lowest BCUT2D eigenvalue weighted by atomic mass is 10.2. The van der Waals surface area contributed by atoms with Crippen LogP contribution in [0.25, 0.3) is 10.9 Å². The Hall–Kier alpha value is -1.75. The number of carbonyl (C=O) groups is 1. The highest BCUT2D eigenvalue weighted by Gasteiger charge is 2.08. The number of hydrogen-bond acceptors (Lipinski definition) is 2. The van der Waals surface area contributed by atoms with Crippen molar-refractivity contribution in [2.24, 2.45) is 0 Å². The number of aromatic amines is 1. The second-order valence-corrected chi connectivity index (χ2v) is 4.85. The summed E-state index contributed by atoms with van der Waals surface area (Å²) in [5.41, 5.74) is 7.76. The van der Waals surface area contributed by atoms with Crippen molar-refractivity contribution >= 4 is 38.4 Å². The molecule has 4 nitrogen and oxygen atoms in total. The Labute approximate surface area is 107 Å². The molecule has 1 heterocycles. The summed E-state index contributed by atoms with van der Waals surface area (Å²) in [6.07, 6.45) is 0. The van der Waals surface area contributed by atoms with Gasteiger partial charge in [-0.25, -0.2) is 0 Å². The molecule has 0 saturated heterocycles. The fraction of sp³-hybridized carbons (Fsp3) is 0.0833. The predicted octanol–water partition coefficient (Wildman–Crippen LogP) is 2.39. The number of nitrogen functional groups attached to an aromatic ring is 1. The predicted molar refractivity (Wildman–Crippen MR) is 73.1 cm³/mol. The molecule has 4 N–H and O–H groups in total. The van der Waals surface area contributed by atoms with Crippen molar-refractivity contribution in [3.05, 3.63) is 41.0 Å². The zero-order chi connectivity index (χ0) is 12.4. The van der Waals surface area contributed by atoms with E-state index in [0.717, 1.165) is 15.4 Å². The summed E-state index contributed by atoms with van der Waals surface area (Å²) in [7, 11) is 0. The molecule has 2 rings (SSSR count). The van der Waals surface area contributed by atoms with Gasteiger partial charge in [0.2, 0.25) is 0 Å². The number of hydrogen-bond donors (Lipinski definition) is 3. The second-order valence-electron chi connectivity index (χ2n) is 3.73. The Morgan fingerprint density at radius 2 is 2.24 bits per heavy atom. The van der Waals surface area contributed by atoms with Gasteiger partial charge in [0.25, 0.3) is 5.91 Å². The molecule has 0 atom stereocenters. The van der Waals surface area contributed by atoms with Crippen LogP contribution < -0.4 is 11.1 Å². The van der Waals surface area contributed by atoms with Crippen LogP contribution in [-0.4, -0.2) is 17.4 Å². The van der Waals surface area contributed by atoms with Crippen molar-refractivity contribution in [3.63, 3.8) is 0 Å². The van der Waals surface area contributed by atoms with E-state index >= 15 is 0 Å². The van der Waals surface area contributed by atoms with Crippen molar-refractivity contribution in [1.29, 1.82) is 0 Å². The summed E-state index contributed by atoms with van der Waals surface area (Å²) in [5, 5.41) is 3.65. The van der Waals surface area contributed by atoms with Gasteiger partial charge in [-0.15, -0.1) is 0 Å². The molecule has 0 spiro atoms. The normalized spacial score (nSPS) is 10.4. The number of benzene rings is 1. The number of carbonyl (C=O) groups excluding carboxylic acids is 1. The standard InChI is InChI=1S/C12H12BrN3O/c1-7(13)6-15-12(17)11-5-8-4-9(14)2-3-10(8)16-11/h2-5,16H,1,6,14H2,(H,15,17). The van der Waals surface area contributed by atoms with Crippen molar-refractivity contribution in [2.75, 3.05) is 12.3 Å². The van der Waals surface area contributed by atoms with Gasteiger partial charge in [0, 0.05) is 27.6 Å². The third-order valence-corrected chi connectivity index (χ3v) is 2.61. The Morgan fingerprint density at radius 3 is 2.94 bits per heavy atom. The molecule has 1 aromatic heterocycles. The fourth-order valence-corrected chi connectivity index (χ4v) is 1.69. The number of rotatable bonds is 3. The first-order valence-electron chi connectivity index (χ1n) is 5.06. The lowest BCUT2D eigenvalue weighted by Crippen LogP contribution is -2.24. The van der Waals surface area contributed by atoms with Gasteiger partial charge >= 0.3 is 0 Å². The minimum absolute atomic E-state index is 0.166. The molecule has 0 radical (unpaired) electrons. The zero-order valence-corrected chi connectivity index (χ0v) is 10.7. The molecule has 0 aliphatic carbocycles. The number of amides is 1. The van der Waals surface area contributed by atoms with Gasteiger partial charge in [0.05, 0.1) is 0 Å². The Bertz CT molecular complexity index is 588. The molecule has 1 aromatic carbocycles. The van der Waals surface area contributed by atoms with Crippen LogP contribution in [0.3, 0.4) is 0 Å². The van der Waals surface area contributed by atoms with Gasteiger partial charge in [-0.05, 0) is 24.3 Å². The maximum Gasteiger partial charge on any atom is 0.268 e. The first-order chi connectivity index (χ1) is 8.06. The quantitative estimate of drug-likeness (QED) is 0.761. The van der Waals surface area contributed by atoms with Crippen LogP contribution in [0.1, 0.15) is 10.5 Å². The first kappa shape index (κ1) is 11.7. The van der Waals surface area contributed by atoms with Crippen LogP contribution in [0.5, 0.6) is 0 Å². The molecule has 0 aliphatic heterocycles. The molecule has 1 amide bonds. The highest BCUT2D eigenvalue weighted by molar-refractivity contribution is 9.11. The van der Waals surface area contributed by atoms with Crippen molar-refractivity contribution in [3.8, 4) is 0 Å². The number of aromatic nitrogens is 1. The molecule has 88 valence electrons. The highest BCUT2D eigenvalue weighted by atomic mass is 79.9. The summed E-state index contributed by atoms with van der Waals surface area (Å²) in [6, 6.07) is 7.25. The maximum atomic E-state index is 11.8. The minimum Gasteiger partial charge on any atom is -0.399 e. The lowest BCUT2D eigenvalue weighted by Gasteiger charge is -2.00. The Balaban J connectivity index is 2.24. The Morgan fingerprint density at radius 1 is 1.47 bits per heavy atom. The molecular weight excluding hydrogens is 282 g/mol. The number of H-pyrrole nitrogens is 1. The van der Waals surface area contributed by atoms with E-state index in [1.807, 2.05) is 12.1 Å². The third kappa shape index (κ3) is 2.68. The zero-order valence-electron chi connectivity index (χ0n) is 9.09. The molecule has 17 heavy (non-hydrogen) atoms. The summed E-state index contributed by atoms with van der Waals surface area (Å²) in [5.74, 6) is -0.166. The third-order valence-electron chi connectivity index (χ3n) is 2.33. The van der Waals surface area contributed by atoms with Crippen molar-refractivity contribution < 1.29 is 4.79 Å². The first-order valence-corrected chi connectivity index (χ1v) is 5.85. The van der Waals surface area contributed by atoms with Gasteiger partial charge in [-0.2, -0.15) is 0 Å². The topological polar surface area (TPSA) is 70.9 Å². The van der Waals surface area contributed by atoms with E-state index in [1.54, 1.807) is 12.1 Å². The van der Waals surface area contributed by atoms with Gasteiger partial charge in [0.15, 0.2) is 0 Å². The number of halogens is 1. The van der Waals surface area contributed by atoms with Crippen LogP contribution in [0, 0.1) is 0 Å². The van der Waals surface area contributed by atoms with Crippen molar-refractivity contribution in [1.82, 2.24) is 10.3 Å². The van der Waals surface area contributed by atoms with Crippen LogP contribution in [0.15, 0.2) is 35.3 Å². The number of nitrogens with two attached hydrogens (primary N) is 1. The number of fused-ring (bicyclic) bond motifs is 1. The Kier molecular flexibility index (Phi) is 3.19. The second kappa shape index (κ2) is 4.63.